The molecule has 7 N–H and O–H groups in total. The van der Waals surface area contributed by atoms with Gasteiger partial charge in [0.1, 0.15) is 17.1 Å². The quantitative estimate of drug-likeness (QED) is 0.276. The molecule has 0 atom stereocenters. The predicted octanol–water partition coefficient (Wildman–Crippen LogP) is 0.427. The lowest BCUT2D eigenvalue weighted by atomic mass is 10.1. The Labute approximate surface area is 226 Å². The highest BCUT2D eigenvalue weighted by molar-refractivity contribution is 7.89. The summed E-state index contributed by atoms with van der Waals surface area (Å²) in [6.07, 6.45) is 1.54. The van der Waals surface area contributed by atoms with Crippen LogP contribution in [0.3, 0.4) is 0 Å². The Morgan fingerprint density at radius 2 is 1.77 bits per heavy atom. The molecule has 0 radical (unpaired) electrons. The number of quaternary nitrogens is 1. The Morgan fingerprint density at radius 3 is 2.33 bits per heavy atom. The third-order valence-corrected chi connectivity index (χ3v) is 7.75. The fourth-order valence-electron chi connectivity index (χ4n) is 4.09. The number of phosphoric acid groups is 1. The van der Waals surface area contributed by atoms with Crippen LogP contribution in [0, 0.1) is 0 Å². The standard InChI is InChI=1S/C22H30N6O4S.H3N.H3O4P/c1-5-7-17-19-20(27(4)25-17)22(29)24-21(23-19)16-14-15(8-9-18(16)32-6-2)33(30,31)28-12-10-26(3)11-13-28;;1-5(2,3)4/h8-9,14H,5-7,10-13H2,1-4H3,(H,23,24,29);1H3;(H3,1,2,3,4). The minimum Gasteiger partial charge on any atom is -0.756 e. The van der Waals surface area contributed by atoms with Gasteiger partial charge in [-0.3, -0.25) is 14.0 Å². The zero-order chi connectivity index (χ0) is 28.3. The van der Waals surface area contributed by atoms with E-state index in [2.05, 4.69) is 15.0 Å². The number of fused-ring (bicyclic) bond motifs is 1. The summed E-state index contributed by atoms with van der Waals surface area (Å²) in [6, 6.07) is 4.71. The van der Waals surface area contributed by atoms with Gasteiger partial charge in [0, 0.05) is 33.2 Å². The van der Waals surface area contributed by atoms with E-state index in [9.17, 15) is 13.2 Å². The van der Waals surface area contributed by atoms with Crippen LogP contribution < -0.4 is 21.3 Å². The highest BCUT2D eigenvalue weighted by Gasteiger charge is 2.29. The average molecular weight is 590 g/mol. The van der Waals surface area contributed by atoms with Gasteiger partial charge in [-0.1, -0.05) is 13.3 Å². The van der Waals surface area contributed by atoms with E-state index >= 15 is 0 Å². The lowest BCUT2D eigenvalue weighted by molar-refractivity contribution is -0.214. The first-order chi connectivity index (χ1) is 17.8. The third-order valence-electron chi connectivity index (χ3n) is 5.86. The fourth-order valence-corrected chi connectivity index (χ4v) is 5.54. The zero-order valence-corrected chi connectivity index (χ0v) is 24.3. The van der Waals surface area contributed by atoms with Gasteiger partial charge in [-0.25, -0.2) is 13.4 Å². The molecular formula is C22H36N7O8PS. The highest BCUT2D eigenvalue weighted by Crippen LogP contribution is 2.32. The molecule has 39 heavy (non-hydrogen) atoms. The van der Waals surface area contributed by atoms with E-state index in [1.165, 1.54) is 8.99 Å². The van der Waals surface area contributed by atoms with Crippen LogP contribution in [0.15, 0.2) is 27.9 Å². The molecule has 1 fully saturated rings. The Morgan fingerprint density at radius 1 is 1.15 bits per heavy atom. The van der Waals surface area contributed by atoms with Crippen LogP contribution >= 0.6 is 7.82 Å². The number of aromatic amines is 1. The summed E-state index contributed by atoms with van der Waals surface area (Å²) >= 11 is 0. The molecular weight excluding hydrogens is 553 g/mol. The van der Waals surface area contributed by atoms with E-state index in [0.717, 1.165) is 12.1 Å². The van der Waals surface area contributed by atoms with Crippen molar-refractivity contribution in [3.63, 3.8) is 0 Å². The molecule has 0 saturated carbocycles. The van der Waals surface area contributed by atoms with Crippen molar-refractivity contribution >= 4 is 28.9 Å². The van der Waals surface area contributed by atoms with Crippen molar-refractivity contribution in [3.05, 3.63) is 34.2 Å². The number of sulfonamides is 1. The fraction of sp³-hybridized carbons (Fsp3) is 0.500. The normalized spacial score (nSPS) is 14.9. The second kappa shape index (κ2) is 13.1. The number of aromatic nitrogens is 4. The number of ether oxygens (including phenoxy) is 1. The van der Waals surface area contributed by atoms with E-state index in [1.807, 2.05) is 20.9 Å². The number of H-pyrrole nitrogens is 1. The van der Waals surface area contributed by atoms with Gasteiger partial charge in [0.05, 0.1) is 22.8 Å². The molecule has 0 unspecified atom stereocenters. The molecule has 15 nitrogen and oxygen atoms in total. The number of nitrogens with one attached hydrogen (secondary N) is 1. The van der Waals surface area contributed by atoms with Gasteiger partial charge in [-0.05, 0) is 38.6 Å². The topological polar surface area (TPSA) is 231 Å². The lowest BCUT2D eigenvalue weighted by Gasteiger charge is -2.31. The summed E-state index contributed by atoms with van der Waals surface area (Å²) < 4.78 is 44.2. The van der Waals surface area contributed by atoms with Gasteiger partial charge in [0.25, 0.3) is 13.4 Å². The van der Waals surface area contributed by atoms with Crippen LogP contribution in [0.2, 0.25) is 0 Å². The number of hydrogen-bond acceptors (Lipinski definition) is 9. The summed E-state index contributed by atoms with van der Waals surface area (Å²) in [5.74, 6) is 0.718. The van der Waals surface area contributed by atoms with E-state index in [-0.39, 0.29) is 22.4 Å². The molecule has 1 aromatic carbocycles. The van der Waals surface area contributed by atoms with Crippen molar-refractivity contribution in [3.8, 4) is 17.1 Å². The first-order valence-electron chi connectivity index (χ1n) is 11.9. The molecule has 1 aliphatic heterocycles. The van der Waals surface area contributed by atoms with Gasteiger partial charge in [0.2, 0.25) is 10.0 Å². The SMILES string of the molecule is CCCc1nn(C)c2c(=O)[nH]c(-c3cc(S(=O)(=O)N4CCN(C)CC4)ccc3OCC)nc12.O=P([O-])(O)O.[NH4+]. The van der Waals surface area contributed by atoms with E-state index in [4.69, 9.17) is 29.0 Å². The van der Waals surface area contributed by atoms with Crippen LogP contribution in [0.4, 0.5) is 0 Å². The molecule has 17 heteroatoms. The summed E-state index contributed by atoms with van der Waals surface area (Å²) in [5.41, 5.74) is 1.75. The Hall–Kier alpha value is -2.69. The maximum atomic E-state index is 13.3. The van der Waals surface area contributed by atoms with Gasteiger partial charge < -0.3 is 35.5 Å². The molecule has 218 valence electrons. The molecule has 3 aromatic rings. The van der Waals surface area contributed by atoms with Gasteiger partial charge in [-0.2, -0.15) is 9.40 Å². The lowest BCUT2D eigenvalue weighted by Crippen LogP contribution is -2.47. The number of hydrogen-bond donors (Lipinski definition) is 4. The van der Waals surface area contributed by atoms with E-state index in [1.54, 1.807) is 25.2 Å². The first-order valence-corrected chi connectivity index (χ1v) is 14.9. The Bertz CT molecular complexity index is 1490. The number of nitrogens with zero attached hydrogens (tertiary/aromatic N) is 5. The third kappa shape index (κ3) is 7.93. The van der Waals surface area contributed by atoms with E-state index < -0.39 is 17.8 Å². The van der Waals surface area contributed by atoms with Crippen molar-refractivity contribution in [2.75, 3.05) is 39.8 Å². The minimum atomic E-state index is -4.89. The molecule has 3 heterocycles. The number of aryl methyl sites for hydroxylation is 2. The van der Waals surface area contributed by atoms with Crippen LogP contribution in [-0.2, 0) is 28.1 Å². The molecule has 1 saturated heterocycles. The van der Waals surface area contributed by atoms with E-state index in [0.29, 0.717) is 61.6 Å². The number of rotatable bonds is 7. The number of likely N-dealkylation sites (N-methyl/N-ethyl adjacent to an activating group) is 1. The van der Waals surface area contributed by atoms with Crippen molar-refractivity contribution in [1.29, 1.82) is 0 Å². The van der Waals surface area contributed by atoms with Crippen LogP contribution in [0.1, 0.15) is 26.0 Å². The Balaban J connectivity index is 0.000000816. The maximum absolute atomic E-state index is 13.3. The summed E-state index contributed by atoms with van der Waals surface area (Å²) in [4.78, 5) is 45.6. The van der Waals surface area contributed by atoms with Crippen molar-refractivity contribution < 1.29 is 32.4 Å². The van der Waals surface area contributed by atoms with Crippen LogP contribution in [0.5, 0.6) is 5.75 Å². The molecule has 4 rings (SSSR count). The first kappa shape index (κ1) is 32.5. The average Bonchev–Trinajstić information content (AvgIpc) is 3.14. The zero-order valence-electron chi connectivity index (χ0n) is 22.6. The summed E-state index contributed by atoms with van der Waals surface area (Å²) in [7, 11) is -4.90. The monoisotopic (exact) mass is 589 g/mol. The van der Waals surface area contributed by atoms with Crippen molar-refractivity contribution in [2.24, 2.45) is 7.05 Å². The minimum absolute atomic E-state index is 0. The number of benzene rings is 1. The molecule has 0 spiro atoms. The number of piperazine rings is 1. The maximum Gasteiger partial charge on any atom is 0.277 e. The van der Waals surface area contributed by atoms with Crippen molar-refractivity contribution in [2.45, 2.75) is 31.6 Å². The molecule has 0 bridgehead atoms. The molecule has 1 aliphatic rings. The molecule has 0 amide bonds. The van der Waals surface area contributed by atoms with Crippen molar-refractivity contribution in [1.82, 2.24) is 35.1 Å². The van der Waals surface area contributed by atoms with Crippen LogP contribution in [0.25, 0.3) is 22.4 Å². The Kier molecular flexibility index (Phi) is 10.9. The highest BCUT2D eigenvalue weighted by atomic mass is 32.2. The van der Waals surface area contributed by atoms with Crippen LogP contribution in [-0.4, -0.2) is 87.0 Å². The second-order valence-corrected chi connectivity index (χ2v) is 11.6. The second-order valence-electron chi connectivity index (χ2n) is 8.72. The largest absolute Gasteiger partial charge is 0.756 e. The summed E-state index contributed by atoms with van der Waals surface area (Å²) in [6.45, 7) is 6.48. The smallest absolute Gasteiger partial charge is 0.277 e. The molecule has 2 aromatic heterocycles. The van der Waals surface area contributed by atoms with Gasteiger partial charge >= 0.3 is 0 Å². The summed E-state index contributed by atoms with van der Waals surface area (Å²) in [5, 5.41) is 4.45. The van der Waals surface area contributed by atoms with Gasteiger partial charge in [-0.15, -0.1) is 0 Å². The molecule has 0 aliphatic carbocycles. The van der Waals surface area contributed by atoms with Gasteiger partial charge in [0.15, 0.2) is 5.52 Å². The predicted molar refractivity (Wildman–Crippen MR) is 144 cm³/mol.